The number of halogens is 2. The maximum absolute atomic E-state index is 12.7. The molecule has 0 N–H and O–H groups in total. The van der Waals surface area contributed by atoms with Crippen LogP contribution in [0.1, 0.15) is 62.1 Å². The standard InChI is InChI=1S/C19H24F2O3S/c1-11(2)15-8-7-12(3)9-16(15)24-17(22)13-5-4-6-14(10-13)18(23)25-19(20)21/h4-6,10-12,15-16,19H,7-9H2,1-3H3/i19D. The molecule has 3 unspecified atom stereocenters. The van der Waals surface area contributed by atoms with E-state index >= 15 is 0 Å². The normalized spacial score (nSPS) is 24.7. The number of carbonyl (C=O) groups excluding carboxylic acids is 2. The van der Waals surface area contributed by atoms with Crippen molar-refractivity contribution in [3.05, 3.63) is 35.4 Å². The van der Waals surface area contributed by atoms with Crippen molar-refractivity contribution >= 4 is 22.8 Å². The van der Waals surface area contributed by atoms with E-state index in [4.69, 9.17) is 6.11 Å². The highest BCUT2D eigenvalue weighted by Crippen LogP contribution is 2.35. The molecule has 1 aliphatic rings. The van der Waals surface area contributed by atoms with Crippen LogP contribution in [0, 0.1) is 17.8 Å². The SMILES string of the molecule is [2H]C(F)(F)SC(=O)c1cccc(C(=O)OC2CC(C)CCC2C(C)C)c1. The van der Waals surface area contributed by atoms with Crippen molar-refractivity contribution in [3.8, 4) is 0 Å². The van der Waals surface area contributed by atoms with Crippen LogP contribution in [-0.4, -0.2) is 22.9 Å². The minimum atomic E-state index is -3.91. The molecule has 1 saturated carbocycles. The van der Waals surface area contributed by atoms with E-state index in [1.807, 2.05) is 0 Å². The van der Waals surface area contributed by atoms with E-state index < -0.39 is 16.8 Å². The molecule has 0 saturated heterocycles. The molecule has 1 aromatic carbocycles. The predicted molar refractivity (Wildman–Crippen MR) is 94.9 cm³/mol. The number of thioether (sulfide) groups is 1. The van der Waals surface area contributed by atoms with Crippen molar-refractivity contribution in [2.75, 3.05) is 0 Å². The van der Waals surface area contributed by atoms with E-state index in [0.717, 1.165) is 19.3 Å². The van der Waals surface area contributed by atoms with Crippen LogP contribution < -0.4 is 0 Å². The Balaban J connectivity index is 2.11. The van der Waals surface area contributed by atoms with Gasteiger partial charge in [0.25, 0.3) is 5.73 Å². The van der Waals surface area contributed by atoms with Gasteiger partial charge in [-0.15, -0.1) is 0 Å². The van der Waals surface area contributed by atoms with Crippen LogP contribution in [0.3, 0.4) is 0 Å². The summed E-state index contributed by atoms with van der Waals surface area (Å²) < 4.78 is 37.6. The van der Waals surface area contributed by atoms with Gasteiger partial charge in [-0.2, -0.15) is 8.78 Å². The van der Waals surface area contributed by atoms with Crippen molar-refractivity contribution in [1.29, 1.82) is 0 Å². The van der Waals surface area contributed by atoms with E-state index in [0.29, 0.717) is 11.8 Å². The van der Waals surface area contributed by atoms with E-state index in [9.17, 15) is 18.4 Å². The molecule has 0 aliphatic heterocycles. The van der Waals surface area contributed by atoms with Crippen molar-refractivity contribution in [2.45, 2.75) is 51.9 Å². The zero-order valence-corrected chi connectivity index (χ0v) is 15.4. The molecule has 0 radical (unpaired) electrons. The number of benzene rings is 1. The van der Waals surface area contributed by atoms with Crippen molar-refractivity contribution in [2.24, 2.45) is 17.8 Å². The average molecular weight is 371 g/mol. The Kier molecular flexibility index (Phi) is 6.45. The second-order valence-corrected chi connectivity index (χ2v) is 7.85. The van der Waals surface area contributed by atoms with Gasteiger partial charge in [-0.25, -0.2) is 4.79 Å². The zero-order valence-electron chi connectivity index (χ0n) is 15.6. The highest BCUT2D eigenvalue weighted by atomic mass is 32.2. The third-order valence-electron chi connectivity index (χ3n) is 4.72. The second kappa shape index (κ2) is 8.79. The van der Waals surface area contributed by atoms with E-state index in [2.05, 4.69) is 20.8 Å². The summed E-state index contributed by atoms with van der Waals surface area (Å²) in [6.45, 7) is 6.35. The first-order valence-corrected chi connectivity index (χ1v) is 9.30. The van der Waals surface area contributed by atoms with Gasteiger partial charge in [-0.3, -0.25) is 4.79 Å². The van der Waals surface area contributed by atoms with E-state index in [1.165, 1.54) is 24.3 Å². The summed E-state index contributed by atoms with van der Waals surface area (Å²) in [5.41, 5.74) is -3.80. The summed E-state index contributed by atoms with van der Waals surface area (Å²) in [5, 5.41) is -0.953. The van der Waals surface area contributed by atoms with Gasteiger partial charge in [0.1, 0.15) is 7.47 Å². The van der Waals surface area contributed by atoms with Gasteiger partial charge in [0.15, 0.2) is 0 Å². The van der Waals surface area contributed by atoms with Gasteiger partial charge in [0, 0.05) is 5.56 Å². The molecular weight excluding hydrogens is 346 g/mol. The molecule has 0 aromatic heterocycles. The summed E-state index contributed by atoms with van der Waals surface area (Å²) in [5.74, 6) is 0.611. The Labute approximate surface area is 152 Å². The molecule has 6 heteroatoms. The zero-order chi connectivity index (χ0) is 19.5. The van der Waals surface area contributed by atoms with Crippen LogP contribution in [0.2, 0.25) is 0 Å². The maximum Gasteiger partial charge on any atom is 0.338 e. The summed E-state index contributed by atoms with van der Waals surface area (Å²) in [4.78, 5) is 24.3. The van der Waals surface area contributed by atoms with Gasteiger partial charge in [-0.1, -0.05) is 39.3 Å². The monoisotopic (exact) mass is 371 g/mol. The lowest BCUT2D eigenvalue weighted by molar-refractivity contribution is -0.0174. The number of hydrogen-bond acceptors (Lipinski definition) is 4. The molecule has 1 aliphatic carbocycles. The Bertz CT molecular complexity index is 660. The first-order chi connectivity index (χ1) is 12.1. The first-order valence-electron chi connectivity index (χ1n) is 8.99. The van der Waals surface area contributed by atoms with Crippen LogP contribution >= 0.6 is 11.8 Å². The van der Waals surface area contributed by atoms with Gasteiger partial charge in [0.05, 0.1) is 5.56 Å². The molecule has 0 amide bonds. The molecule has 3 atom stereocenters. The molecule has 1 fully saturated rings. The fourth-order valence-electron chi connectivity index (χ4n) is 3.36. The van der Waals surface area contributed by atoms with Crippen molar-refractivity contribution < 1.29 is 24.5 Å². The number of ether oxygens (including phenoxy) is 1. The molecular formula is C19H24F2O3S. The van der Waals surface area contributed by atoms with Gasteiger partial charge in [-0.05, 0) is 54.5 Å². The Morgan fingerprint density at radius 1 is 1.28 bits per heavy atom. The second-order valence-electron chi connectivity index (χ2n) is 6.97. The number of esters is 1. The van der Waals surface area contributed by atoms with Gasteiger partial charge >= 0.3 is 5.97 Å². The molecule has 25 heavy (non-hydrogen) atoms. The number of hydrogen-bond donors (Lipinski definition) is 0. The maximum atomic E-state index is 12.7. The number of alkyl halides is 2. The lowest BCUT2D eigenvalue weighted by atomic mass is 9.75. The molecule has 3 nitrogen and oxygen atoms in total. The van der Waals surface area contributed by atoms with Gasteiger partial charge in [0.2, 0.25) is 5.12 Å². The molecule has 0 spiro atoms. The highest BCUT2D eigenvalue weighted by Gasteiger charge is 2.33. The predicted octanol–water partition coefficient (Wildman–Crippen LogP) is 5.40. The number of carbonyl (C=O) groups is 2. The van der Waals surface area contributed by atoms with Gasteiger partial charge < -0.3 is 4.74 Å². The van der Waals surface area contributed by atoms with Crippen LogP contribution in [-0.2, 0) is 4.74 Å². The van der Waals surface area contributed by atoms with Crippen LogP contribution in [0.15, 0.2) is 24.3 Å². The summed E-state index contributed by atoms with van der Waals surface area (Å²) >= 11 is -0.387. The molecule has 0 bridgehead atoms. The largest absolute Gasteiger partial charge is 0.458 e. The highest BCUT2D eigenvalue weighted by molar-refractivity contribution is 8.14. The third-order valence-corrected chi connectivity index (χ3v) is 5.30. The van der Waals surface area contributed by atoms with Crippen molar-refractivity contribution in [3.63, 3.8) is 0 Å². The fraction of sp³-hybridized carbons (Fsp3) is 0.579. The van der Waals surface area contributed by atoms with E-state index in [1.54, 1.807) is 0 Å². The quantitative estimate of drug-likeness (QED) is 0.650. The molecule has 2 rings (SSSR count). The Morgan fingerprint density at radius 3 is 2.60 bits per heavy atom. The summed E-state index contributed by atoms with van der Waals surface area (Å²) in [6.07, 6.45) is 2.73. The third kappa shape index (κ3) is 5.53. The number of rotatable bonds is 5. The summed E-state index contributed by atoms with van der Waals surface area (Å²) in [6, 6.07) is 5.55. The minimum absolute atomic E-state index is 0.0474. The Hall–Kier alpha value is -1.43. The average Bonchev–Trinajstić information content (AvgIpc) is 2.53. The smallest absolute Gasteiger partial charge is 0.338 e. The van der Waals surface area contributed by atoms with E-state index in [-0.39, 0.29) is 34.9 Å². The fourth-order valence-corrected chi connectivity index (χ4v) is 3.74. The van der Waals surface area contributed by atoms with Crippen LogP contribution in [0.5, 0.6) is 0 Å². The molecule has 138 valence electrons. The summed E-state index contributed by atoms with van der Waals surface area (Å²) in [7, 11) is 0. The van der Waals surface area contributed by atoms with Crippen LogP contribution in [0.4, 0.5) is 8.78 Å². The Morgan fingerprint density at radius 2 is 1.96 bits per heavy atom. The van der Waals surface area contributed by atoms with Crippen LogP contribution in [0.25, 0.3) is 0 Å². The minimum Gasteiger partial charge on any atom is -0.458 e. The lowest BCUT2D eigenvalue weighted by Gasteiger charge is -2.36. The topological polar surface area (TPSA) is 43.4 Å². The molecule has 0 heterocycles. The first kappa shape index (κ1) is 18.4. The lowest BCUT2D eigenvalue weighted by Crippen LogP contribution is -2.35. The molecule has 1 aromatic rings. The van der Waals surface area contributed by atoms with Crippen molar-refractivity contribution in [1.82, 2.24) is 0 Å².